The van der Waals surface area contributed by atoms with Gasteiger partial charge in [-0.05, 0) is 42.5 Å². The third-order valence-corrected chi connectivity index (χ3v) is 3.63. The Bertz CT molecular complexity index is 620. The summed E-state index contributed by atoms with van der Waals surface area (Å²) in [6.07, 6.45) is 4.80. The van der Waals surface area contributed by atoms with Gasteiger partial charge in [0, 0.05) is 5.92 Å². The van der Waals surface area contributed by atoms with Crippen LogP contribution in [-0.2, 0) is 0 Å². The van der Waals surface area contributed by atoms with Crippen LogP contribution in [0.25, 0.3) is 0 Å². The first-order valence-electron chi connectivity index (χ1n) is 7.42. The van der Waals surface area contributed by atoms with Crippen molar-refractivity contribution in [3.05, 3.63) is 35.7 Å². The third kappa shape index (κ3) is 4.10. The number of nitrogens with zero attached hydrogens (tertiary/aromatic N) is 4. The quantitative estimate of drug-likeness (QED) is 0.575. The number of aromatic nitrogens is 3. The van der Waals surface area contributed by atoms with E-state index in [9.17, 15) is 0 Å². The van der Waals surface area contributed by atoms with Crippen molar-refractivity contribution in [1.29, 1.82) is 0 Å². The van der Waals surface area contributed by atoms with Crippen LogP contribution in [0, 0.1) is 0 Å². The highest BCUT2D eigenvalue weighted by Gasteiger charge is 2.13. The van der Waals surface area contributed by atoms with E-state index in [1.165, 1.54) is 11.8 Å². The van der Waals surface area contributed by atoms with Gasteiger partial charge in [-0.1, -0.05) is 32.5 Å². The van der Waals surface area contributed by atoms with Crippen molar-refractivity contribution in [1.82, 2.24) is 14.9 Å². The molecule has 0 aliphatic rings. The fraction of sp³-hybridized carbons (Fsp3) is 0.438. The summed E-state index contributed by atoms with van der Waals surface area (Å²) in [7, 11) is 0. The number of benzene rings is 1. The maximum Gasteiger partial charge on any atom is 0.211 e. The molecule has 0 N–H and O–H groups in total. The lowest BCUT2D eigenvalue weighted by atomic mass is 10.2. The molecule has 2 rings (SSSR count). The van der Waals surface area contributed by atoms with Crippen molar-refractivity contribution in [3.8, 4) is 5.75 Å². The summed E-state index contributed by atoms with van der Waals surface area (Å²) in [6, 6.07) is 7.91. The molecule has 1 heterocycles. The minimum Gasteiger partial charge on any atom is -0.494 e. The fourth-order valence-electron chi connectivity index (χ4n) is 1.87. The van der Waals surface area contributed by atoms with Crippen LogP contribution in [0.3, 0.4) is 0 Å². The Balaban J connectivity index is 2.16. The van der Waals surface area contributed by atoms with Crippen molar-refractivity contribution >= 4 is 18.0 Å². The monoisotopic (exact) mass is 318 g/mol. The topological polar surface area (TPSA) is 52.3 Å². The highest BCUT2D eigenvalue weighted by molar-refractivity contribution is 7.98. The van der Waals surface area contributed by atoms with Gasteiger partial charge in [0.25, 0.3) is 0 Å². The third-order valence-electron chi connectivity index (χ3n) is 3.01. The maximum atomic E-state index is 5.57. The molecule has 5 nitrogen and oxygen atoms in total. The predicted octanol–water partition coefficient (Wildman–Crippen LogP) is 3.79. The lowest BCUT2D eigenvalue weighted by molar-refractivity contribution is 0.317. The number of hydrogen-bond donors (Lipinski definition) is 0. The first-order valence-corrected chi connectivity index (χ1v) is 8.64. The van der Waals surface area contributed by atoms with Crippen LogP contribution in [0.4, 0.5) is 0 Å². The molecular weight excluding hydrogens is 296 g/mol. The second kappa shape index (κ2) is 7.98. The van der Waals surface area contributed by atoms with Gasteiger partial charge in [-0.25, -0.2) is 0 Å². The Morgan fingerprint density at radius 2 is 2.00 bits per heavy atom. The second-order valence-corrected chi connectivity index (χ2v) is 5.95. The van der Waals surface area contributed by atoms with Crippen LogP contribution in [-0.4, -0.2) is 34.0 Å². The summed E-state index contributed by atoms with van der Waals surface area (Å²) < 4.78 is 7.38. The predicted molar refractivity (Wildman–Crippen MR) is 91.1 cm³/mol. The van der Waals surface area contributed by atoms with Crippen LogP contribution in [0.15, 0.2) is 34.5 Å². The molecule has 0 amide bonds. The molecule has 0 aliphatic heterocycles. The molecular formula is C16H22N4OS. The van der Waals surface area contributed by atoms with Crippen LogP contribution >= 0.6 is 11.8 Å². The van der Waals surface area contributed by atoms with Gasteiger partial charge in [0.1, 0.15) is 5.75 Å². The first kappa shape index (κ1) is 16.5. The van der Waals surface area contributed by atoms with Gasteiger partial charge in [-0.15, -0.1) is 10.2 Å². The largest absolute Gasteiger partial charge is 0.494 e. The second-order valence-electron chi connectivity index (χ2n) is 5.17. The minimum absolute atomic E-state index is 0.273. The van der Waals surface area contributed by atoms with E-state index in [2.05, 4.69) is 36.1 Å². The van der Waals surface area contributed by atoms with Gasteiger partial charge in [0.15, 0.2) is 5.82 Å². The average Bonchev–Trinajstić information content (AvgIpc) is 2.95. The molecule has 0 radical (unpaired) electrons. The van der Waals surface area contributed by atoms with Crippen molar-refractivity contribution in [2.45, 2.75) is 38.3 Å². The maximum absolute atomic E-state index is 5.57. The van der Waals surface area contributed by atoms with Gasteiger partial charge >= 0.3 is 0 Å². The molecule has 0 saturated heterocycles. The molecule has 6 heteroatoms. The van der Waals surface area contributed by atoms with E-state index in [1.807, 2.05) is 36.7 Å². The summed E-state index contributed by atoms with van der Waals surface area (Å²) >= 11 is 1.54. The van der Waals surface area contributed by atoms with Crippen LogP contribution < -0.4 is 4.74 Å². The first-order chi connectivity index (χ1) is 10.7. The van der Waals surface area contributed by atoms with Gasteiger partial charge < -0.3 is 4.74 Å². The number of thioether (sulfide) groups is 1. The minimum atomic E-state index is 0.273. The molecule has 0 spiro atoms. The van der Waals surface area contributed by atoms with Crippen LogP contribution in [0.1, 0.15) is 44.5 Å². The Hall–Kier alpha value is -1.82. The van der Waals surface area contributed by atoms with Gasteiger partial charge in [-0.3, -0.25) is 0 Å². The molecule has 118 valence electrons. The van der Waals surface area contributed by atoms with Crippen molar-refractivity contribution in [3.63, 3.8) is 0 Å². The van der Waals surface area contributed by atoms with Gasteiger partial charge in [-0.2, -0.15) is 9.78 Å². The summed E-state index contributed by atoms with van der Waals surface area (Å²) in [6.45, 7) is 7.00. The standard InChI is InChI=1S/C16H22N4OS/c1-5-10-21-14-8-6-13(7-9-14)11-17-20-15(12(2)3)18-19-16(20)22-4/h6-9,11-12H,5,10H2,1-4H3/b17-11-. The van der Waals surface area contributed by atoms with E-state index in [0.29, 0.717) is 0 Å². The molecule has 0 aliphatic carbocycles. The van der Waals surface area contributed by atoms with Gasteiger partial charge in [0.2, 0.25) is 5.16 Å². The zero-order valence-electron chi connectivity index (χ0n) is 13.5. The summed E-state index contributed by atoms with van der Waals surface area (Å²) in [5, 5.41) is 13.7. The summed E-state index contributed by atoms with van der Waals surface area (Å²) in [4.78, 5) is 0. The molecule has 22 heavy (non-hydrogen) atoms. The van der Waals surface area contributed by atoms with E-state index in [1.54, 1.807) is 4.68 Å². The van der Waals surface area contributed by atoms with Crippen LogP contribution in [0.2, 0.25) is 0 Å². The Kier molecular flexibility index (Phi) is 6.00. The zero-order valence-corrected chi connectivity index (χ0v) is 14.3. The lowest BCUT2D eigenvalue weighted by Crippen LogP contribution is -2.02. The smallest absolute Gasteiger partial charge is 0.211 e. The van der Waals surface area contributed by atoms with E-state index >= 15 is 0 Å². The van der Waals surface area contributed by atoms with E-state index < -0.39 is 0 Å². The van der Waals surface area contributed by atoms with Crippen molar-refractivity contribution in [2.75, 3.05) is 12.9 Å². The molecule has 2 aromatic rings. The molecule has 0 bridgehead atoms. The van der Waals surface area contributed by atoms with E-state index in [4.69, 9.17) is 4.74 Å². The van der Waals surface area contributed by atoms with E-state index in [-0.39, 0.29) is 5.92 Å². The molecule has 0 unspecified atom stereocenters. The van der Waals surface area contributed by atoms with Crippen LogP contribution in [0.5, 0.6) is 5.75 Å². The molecule has 1 aromatic heterocycles. The highest BCUT2D eigenvalue weighted by atomic mass is 32.2. The van der Waals surface area contributed by atoms with Gasteiger partial charge in [0.05, 0.1) is 12.8 Å². The fourth-order valence-corrected chi connectivity index (χ4v) is 2.30. The average molecular weight is 318 g/mol. The molecule has 1 aromatic carbocycles. The van der Waals surface area contributed by atoms with Crippen molar-refractivity contribution < 1.29 is 4.74 Å². The highest BCUT2D eigenvalue weighted by Crippen LogP contribution is 2.19. The Labute approximate surface area is 135 Å². The summed E-state index contributed by atoms with van der Waals surface area (Å²) in [5.41, 5.74) is 1.01. The lowest BCUT2D eigenvalue weighted by Gasteiger charge is -2.06. The molecule has 0 saturated carbocycles. The molecule has 0 fully saturated rings. The normalized spacial score (nSPS) is 11.5. The Morgan fingerprint density at radius 3 is 2.59 bits per heavy atom. The SMILES string of the molecule is CCCOc1ccc(/C=N\n2c(SC)nnc2C(C)C)cc1. The molecule has 0 atom stereocenters. The number of ether oxygens (including phenoxy) is 1. The van der Waals surface area contributed by atoms with Crippen molar-refractivity contribution in [2.24, 2.45) is 5.10 Å². The number of hydrogen-bond acceptors (Lipinski definition) is 5. The summed E-state index contributed by atoms with van der Waals surface area (Å²) in [5.74, 6) is 2.02. The zero-order chi connectivity index (χ0) is 15.9. The number of rotatable bonds is 7. The Morgan fingerprint density at radius 1 is 1.27 bits per heavy atom. The van der Waals surface area contributed by atoms with E-state index in [0.717, 1.165) is 35.3 Å².